The first-order valence-corrected chi connectivity index (χ1v) is 6.63. The predicted molar refractivity (Wildman–Crippen MR) is 88.3 cm³/mol. The minimum atomic E-state index is 0. The van der Waals surface area contributed by atoms with Gasteiger partial charge in [-0.05, 0) is 20.8 Å². The Morgan fingerprint density at radius 2 is 0.909 bits per heavy atom. The van der Waals surface area contributed by atoms with Crippen molar-refractivity contribution in [2.45, 2.75) is 20.8 Å². The molecule has 5 heteroatoms. The first-order valence-electron chi connectivity index (χ1n) is 6.63. The number of aromatic amines is 3. The van der Waals surface area contributed by atoms with Crippen LogP contribution < -0.4 is 0 Å². The molecule has 0 aliphatic heterocycles. The van der Waals surface area contributed by atoms with Gasteiger partial charge in [-0.2, -0.15) is 14.1 Å². The molecule has 0 saturated heterocycles. The molecule has 0 radical (unpaired) electrons. The maximum Gasteiger partial charge on any atom is 4.00 e. The molecule has 3 aromatic heterocycles. The van der Waals surface area contributed by atoms with E-state index >= 15 is 0 Å². The molecule has 3 aromatic rings. The SMILES string of the molecule is C[N-]C.Cc1[c-]cc[nH]1.Cc1[c-]cc[nH]1.Cc1[c-]cc[nH]1.[Ti+4]. The van der Waals surface area contributed by atoms with Gasteiger partial charge in [0.05, 0.1) is 0 Å². The Kier molecular flexibility index (Phi) is 16.5. The third-order valence-corrected chi connectivity index (χ3v) is 2.05. The number of aryl methyl sites for hydroxylation is 3. The normalized spacial score (nSPS) is 8.05. The largest absolute Gasteiger partial charge is 4.00 e. The van der Waals surface area contributed by atoms with Gasteiger partial charge in [0.1, 0.15) is 0 Å². The minimum Gasteiger partial charge on any atom is -0.668 e. The van der Waals surface area contributed by atoms with Crippen molar-refractivity contribution in [3.63, 3.8) is 0 Å². The summed E-state index contributed by atoms with van der Waals surface area (Å²) in [5.74, 6) is 0. The summed E-state index contributed by atoms with van der Waals surface area (Å²) in [6.45, 7) is 5.92. The van der Waals surface area contributed by atoms with Gasteiger partial charge < -0.3 is 20.3 Å². The van der Waals surface area contributed by atoms with Gasteiger partial charge in [0.2, 0.25) is 0 Å². The van der Waals surface area contributed by atoms with Gasteiger partial charge in [0, 0.05) is 0 Å². The molecular weight excluding hydrogens is 308 g/mol. The number of nitrogens with zero attached hydrogens (tertiary/aromatic N) is 1. The topological polar surface area (TPSA) is 61.5 Å². The van der Waals surface area contributed by atoms with Crippen LogP contribution in [0.3, 0.4) is 0 Å². The fourth-order valence-corrected chi connectivity index (χ4v) is 1.13. The summed E-state index contributed by atoms with van der Waals surface area (Å²) in [6, 6.07) is 14.4. The second-order valence-electron chi connectivity index (χ2n) is 4.19. The molecule has 0 aliphatic carbocycles. The van der Waals surface area contributed by atoms with Crippen LogP contribution in [0.25, 0.3) is 5.32 Å². The number of rotatable bonds is 0. The van der Waals surface area contributed by atoms with Gasteiger partial charge in [0.15, 0.2) is 0 Å². The van der Waals surface area contributed by atoms with Crippen molar-refractivity contribution in [3.8, 4) is 0 Å². The van der Waals surface area contributed by atoms with Crippen LogP contribution in [0.2, 0.25) is 0 Å². The van der Waals surface area contributed by atoms with E-state index in [2.05, 4.69) is 38.5 Å². The van der Waals surface area contributed by atoms with Crippen molar-refractivity contribution in [3.05, 3.63) is 77.4 Å². The van der Waals surface area contributed by atoms with E-state index in [9.17, 15) is 0 Å². The number of H-pyrrole nitrogens is 3. The zero-order valence-corrected chi connectivity index (χ0v) is 15.5. The smallest absolute Gasteiger partial charge is 0.668 e. The first kappa shape index (κ1) is 22.8. The molecule has 0 spiro atoms. The monoisotopic (exact) mass is 332 g/mol. The molecule has 0 aliphatic rings. The molecule has 4 nitrogen and oxygen atoms in total. The number of nitrogens with one attached hydrogen (secondary N) is 3. The van der Waals surface area contributed by atoms with Crippen molar-refractivity contribution in [2.24, 2.45) is 0 Å². The van der Waals surface area contributed by atoms with Gasteiger partial charge in [-0.25, -0.2) is 36.4 Å². The van der Waals surface area contributed by atoms with Crippen LogP contribution in [-0.4, -0.2) is 29.0 Å². The zero-order valence-electron chi connectivity index (χ0n) is 13.9. The summed E-state index contributed by atoms with van der Waals surface area (Å²) in [5, 5.41) is 3.50. The standard InChI is InChI=1S/3C5H6N.C2H6N.Ti/c3*1-5-3-2-4-6-5;1-3-2;/h3*2,4,6H,1H3;1-2H3;/q4*-1;+4. The molecule has 0 amide bonds. The van der Waals surface area contributed by atoms with Crippen LogP contribution in [0.15, 0.2) is 36.8 Å². The van der Waals surface area contributed by atoms with Crippen molar-refractivity contribution in [2.75, 3.05) is 14.1 Å². The molecule has 3 rings (SSSR count). The molecule has 0 atom stereocenters. The first-order chi connectivity index (χ1) is 10.1. The van der Waals surface area contributed by atoms with Gasteiger partial charge >= 0.3 is 21.7 Å². The molecular formula is C17H24N4Ti. The van der Waals surface area contributed by atoms with E-state index in [1.54, 1.807) is 14.1 Å². The average molecular weight is 332 g/mol. The molecule has 0 fully saturated rings. The van der Waals surface area contributed by atoms with Crippen LogP contribution in [0, 0.1) is 39.0 Å². The third-order valence-electron chi connectivity index (χ3n) is 2.05. The van der Waals surface area contributed by atoms with Crippen LogP contribution in [0.5, 0.6) is 0 Å². The molecule has 0 aromatic carbocycles. The fraction of sp³-hybridized carbons (Fsp3) is 0.294. The Balaban J connectivity index is 0. The van der Waals surface area contributed by atoms with Crippen molar-refractivity contribution < 1.29 is 21.7 Å². The quantitative estimate of drug-likeness (QED) is 0.412. The van der Waals surface area contributed by atoms with E-state index in [4.69, 9.17) is 0 Å². The van der Waals surface area contributed by atoms with Crippen LogP contribution in [-0.2, 0) is 21.7 Å². The van der Waals surface area contributed by atoms with Gasteiger partial charge in [-0.1, -0.05) is 17.1 Å². The Labute approximate surface area is 149 Å². The van der Waals surface area contributed by atoms with E-state index in [1.165, 1.54) is 0 Å². The minimum absolute atomic E-state index is 0. The van der Waals surface area contributed by atoms with Crippen LogP contribution >= 0.6 is 0 Å². The average Bonchev–Trinajstić information content (AvgIpc) is 3.17. The number of aromatic nitrogens is 3. The molecule has 0 saturated carbocycles. The summed E-state index contributed by atoms with van der Waals surface area (Å²) >= 11 is 0. The Morgan fingerprint density at radius 1 is 0.682 bits per heavy atom. The van der Waals surface area contributed by atoms with E-state index in [0.717, 1.165) is 17.1 Å². The summed E-state index contributed by atoms with van der Waals surface area (Å²) in [5.41, 5.74) is 3.28. The van der Waals surface area contributed by atoms with Crippen LogP contribution in [0.4, 0.5) is 0 Å². The summed E-state index contributed by atoms with van der Waals surface area (Å²) in [4.78, 5) is 8.83. The van der Waals surface area contributed by atoms with Crippen molar-refractivity contribution in [1.29, 1.82) is 0 Å². The van der Waals surface area contributed by atoms with E-state index < -0.39 is 0 Å². The molecule has 116 valence electrons. The zero-order chi connectivity index (χ0) is 15.9. The number of hydrogen-bond donors (Lipinski definition) is 3. The second-order valence-corrected chi connectivity index (χ2v) is 4.19. The Bertz CT molecular complexity index is 422. The van der Waals surface area contributed by atoms with Crippen molar-refractivity contribution >= 4 is 0 Å². The molecule has 0 unspecified atom stereocenters. The molecule has 22 heavy (non-hydrogen) atoms. The Hall–Kier alpha value is -1.49. The van der Waals surface area contributed by atoms with E-state index in [0.29, 0.717) is 0 Å². The maximum absolute atomic E-state index is 3.50. The second kappa shape index (κ2) is 15.9. The maximum atomic E-state index is 3.50. The molecule has 0 bridgehead atoms. The fourth-order valence-electron chi connectivity index (χ4n) is 1.13. The van der Waals surface area contributed by atoms with Gasteiger partial charge in [0.25, 0.3) is 0 Å². The molecule has 3 N–H and O–H groups in total. The molecule has 3 heterocycles. The van der Waals surface area contributed by atoms with Gasteiger partial charge in [-0.3, -0.25) is 0 Å². The predicted octanol–water partition coefficient (Wildman–Crippen LogP) is 3.99. The van der Waals surface area contributed by atoms with Crippen LogP contribution in [0.1, 0.15) is 17.1 Å². The van der Waals surface area contributed by atoms with E-state index in [1.807, 2.05) is 57.6 Å². The Morgan fingerprint density at radius 3 is 0.955 bits per heavy atom. The summed E-state index contributed by atoms with van der Waals surface area (Å²) < 4.78 is 0. The third kappa shape index (κ3) is 14.9. The summed E-state index contributed by atoms with van der Waals surface area (Å²) in [6.07, 6.45) is 5.57. The summed E-state index contributed by atoms with van der Waals surface area (Å²) in [7, 11) is 3.50. The number of hydrogen-bond acceptors (Lipinski definition) is 0. The van der Waals surface area contributed by atoms with Crippen molar-refractivity contribution in [1.82, 2.24) is 15.0 Å². The van der Waals surface area contributed by atoms with E-state index in [-0.39, 0.29) is 21.7 Å². The van der Waals surface area contributed by atoms with Gasteiger partial charge in [-0.15, -0.1) is 18.6 Å².